The van der Waals surface area contributed by atoms with E-state index in [2.05, 4.69) is 36.9 Å². The molecule has 1 heterocycles. The minimum Gasteiger partial charge on any atom is -0.469 e. The van der Waals surface area contributed by atoms with Gasteiger partial charge in [-0.05, 0) is 37.3 Å². The summed E-state index contributed by atoms with van der Waals surface area (Å²) >= 11 is 0. The fourth-order valence-electron chi connectivity index (χ4n) is 3.21. The normalized spacial score (nSPS) is 23.0. The van der Waals surface area contributed by atoms with Gasteiger partial charge >= 0.3 is 5.97 Å². The quantitative estimate of drug-likeness (QED) is 0.862. The van der Waals surface area contributed by atoms with E-state index < -0.39 is 0 Å². The molecule has 4 nitrogen and oxygen atoms in total. The van der Waals surface area contributed by atoms with Gasteiger partial charge < -0.3 is 10.5 Å². The number of esters is 1. The summed E-state index contributed by atoms with van der Waals surface area (Å²) in [5, 5.41) is 0. The number of likely N-dealkylation sites (tertiary alicyclic amines) is 1. The number of benzene rings is 1. The summed E-state index contributed by atoms with van der Waals surface area (Å²) < 4.78 is 4.78. The van der Waals surface area contributed by atoms with E-state index in [4.69, 9.17) is 10.5 Å². The van der Waals surface area contributed by atoms with E-state index in [1.807, 2.05) is 0 Å². The first-order chi connectivity index (χ1) is 9.97. The van der Waals surface area contributed by atoms with Crippen LogP contribution in [0.1, 0.15) is 29.5 Å². The molecule has 1 saturated heterocycles. The van der Waals surface area contributed by atoms with E-state index in [1.165, 1.54) is 23.8 Å². The van der Waals surface area contributed by atoms with Gasteiger partial charge in [-0.2, -0.15) is 0 Å². The van der Waals surface area contributed by atoms with Gasteiger partial charge in [-0.25, -0.2) is 0 Å². The molecule has 116 valence electrons. The summed E-state index contributed by atoms with van der Waals surface area (Å²) in [6, 6.07) is 6.70. The Bertz CT molecular complexity index is 502. The highest BCUT2D eigenvalue weighted by Gasteiger charge is 2.27. The highest BCUT2D eigenvalue weighted by molar-refractivity contribution is 5.69. The van der Waals surface area contributed by atoms with E-state index >= 15 is 0 Å². The molecule has 1 fully saturated rings. The van der Waals surface area contributed by atoms with Crippen molar-refractivity contribution >= 4 is 5.97 Å². The third-order valence-corrected chi connectivity index (χ3v) is 4.22. The van der Waals surface area contributed by atoms with Crippen molar-refractivity contribution in [2.24, 2.45) is 11.7 Å². The number of aryl methyl sites for hydroxylation is 2. The Morgan fingerprint density at radius 1 is 1.38 bits per heavy atom. The highest BCUT2D eigenvalue weighted by atomic mass is 16.5. The lowest BCUT2D eigenvalue weighted by atomic mass is 9.91. The van der Waals surface area contributed by atoms with Crippen LogP contribution >= 0.6 is 0 Å². The number of carbonyl (C=O) groups is 1. The number of methoxy groups -OCH3 is 1. The number of hydrogen-bond donors (Lipinski definition) is 1. The maximum absolute atomic E-state index is 11.5. The van der Waals surface area contributed by atoms with E-state index in [0.717, 1.165) is 26.1 Å². The zero-order valence-electron chi connectivity index (χ0n) is 13.3. The summed E-state index contributed by atoms with van der Waals surface area (Å²) in [5.41, 5.74) is 10.1. The molecule has 1 aliphatic rings. The Hall–Kier alpha value is -1.39. The minimum atomic E-state index is -0.138. The number of piperidine rings is 1. The van der Waals surface area contributed by atoms with Crippen LogP contribution in [0.25, 0.3) is 0 Å². The van der Waals surface area contributed by atoms with Crippen LogP contribution in [-0.2, 0) is 16.1 Å². The largest absolute Gasteiger partial charge is 0.469 e. The molecule has 2 atom stereocenters. The van der Waals surface area contributed by atoms with Crippen molar-refractivity contribution < 1.29 is 9.53 Å². The Labute approximate surface area is 127 Å². The predicted octanol–water partition coefficient (Wildman–Crippen LogP) is 2.02. The Morgan fingerprint density at radius 2 is 2.14 bits per heavy atom. The molecule has 0 amide bonds. The minimum absolute atomic E-state index is 0.138. The van der Waals surface area contributed by atoms with Gasteiger partial charge in [0.1, 0.15) is 0 Å². The van der Waals surface area contributed by atoms with Crippen molar-refractivity contribution in [1.29, 1.82) is 0 Å². The van der Waals surface area contributed by atoms with Crippen LogP contribution in [0.15, 0.2) is 18.2 Å². The molecule has 2 unspecified atom stereocenters. The van der Waals surface area contributed by atoms with Crippen LogP contribution in [0.4, 0.5) is 0 Å². The molecule has 2 N–H and O–H groups in total. The van der Waals surface area contributed by atoms with Crippen LogP contribution in [0, 0.1) is 19.8 Å². The highest BCUT2D eigenvalue weighted by Crippen LogP contribution is 2.22. The SMILES string of the molecule is COC(=O)CC1CC(N)CN(Cc2ccc(C)cc2C)C1. The molecule has 1 aromatic rings. The van der Waals surface area contributed by atoms with Crippen molar-refractivity contribution in [1.82, 2.24) is 4.90 Å². The van der Waals surface area contributed by atoms with E-state index in [9.17, 15) is 4.79 Å². The van der Waals surface area contributed by atoms with Crippen molar-refractivity contribution in [2.45, 2.75) is 39.3 Å². The molecule has 0 radical (unpaired) electrons. The number of nitrogens with two attached hydrogens (primary N) is 1. The van der Waals surface area contributed by atoms with E-state index in [-0.39, 0.29) is 12.0 Å². The average molecular weight is 290 g/mol. The average Bonchev–Trinajstić information content (AvgIpc) is 2.41. The molecule has 1 aromatic carbocycles. The Kier molecular flexibility index (Phi) is 5.37. The summed E-state index contributed by atoms with van der Waals surface area (Å²) in [5.74, 6) is 0.160. The van der Waals surface area contributed by atoms with Crippen molar-refractivity contribution in [2.75, 3.05) is 20.2 Å². The van der Waals surface area contributed by atoms with Crippen molar-refractivity contribution in [3.63, 3.8) is 0 Å². The van der Waals surface area contributed by atoms with E-state index in [1.54, 1.807) is 0 Å². The third-order valence-electron chi connectivity index (χ3n) is 4.22. The van der Waals surface area contributed by atoms with E-state index in [0.29, 0.717) is 12.3 Å². The molecular weight excluding hydrogens is 264 g/mol. The fraction of sp³-hybridized carbons (Fsp3) is 0.588. The number of rotatable bonds is 4. The zero-order valence-corrected chi connectivity index (χ0v) is 13.3. The molecule has 0 bridgehead atoms. The number of hydrogen-bond acceptors (Lipinski definition) is 4. The predicted molar refractivity (Wildman–Crippen MR) is 83.9 cm³/mol. The molecule has 2 rings (SSSR count). The van der Waals surface area contributed by atoms with Crippen LogP contribution in [0.3, 0.4) is 0 Å². The lowest BCUT2D eigenvalue weighted by Gasteiger charge is -2.36. The van der Waals surface area contributed by atoms with Crippen LogP contribution < -0.4 is 5.73 Å². The molecule has 0 aromatic heterocycles. The topological polar surface area (TPSA) is 55.6 Å². The molecule has 21 heavy (non-hydrogen) atoms. The third kappa shape index (κ3) is 4.55. The van der Waals surface area contributed by atoms with Gasteiger partial charge in [0.05, 0.1) is 7.11 Å². The van der Waals surface area contributed by atoms with Crippen molar-refractivity contribution in [3.05, 3.63) is 34.9 Å². The maximum Gasteiger partial charge on any atom is 0.305 e. The summed E-state index contributed by atoms with van der Waals surface area (Å²) in [6.45, 7) is 6.97. The maximum atomic E-state index is 11.5. The van der Waals surface area contributed by atoms with Gasteiger partial charge in [-0.1, -0.05) is 23.8 Å². The lowest BCUT2D eigenvalue weighted by Crippen LogP contribution is -2.47. The molecule has 1 aliphatic heterocycles. The fourth-order valence-corrected chi connectivity index (χ4v) is 3.21. The van der Waals surface area contributed by atoms with Crippen LogP contribution in [0.2, 0.25) is 0 Å². The summed E-state index contributed by atoms with van der Waals surface area (Å²) in [7, 11) is 1.44. The van der Waals surface area contributed by atoms with Gasteiger partial charge in [0.15, 0.2) is 0 Å². The van der Waals surface area contributed by atoms with Gasteiger partial charge in [-0.3, -0.25) is 9.69 Å². The first-order valence-corrected chi connectivity index (χ1v) is 7.58. The van der Waals surface area contributed by atoms with Gasteiger partial charge in [0, 0.05) is 32.1 Å². The lowest BCUT2D eigenvalue weighted by molar-refractivity contribution is -0.142. The molecule has 0 saturated carbocycles. The molecular formula is C17H26N2O2. The second kappa shape index (κ2) is 7.05. The van der Waals surface area contributed by atoms with Gasteiger partial charge in [-0.15, -0.1) is 0 Å². The summed E-state index contributed by atoms with van der Waals surface area (Å²) in [4.78, 5) is 13.8. The second-order valence-electron chi connectivity index (χ2n) is 6.27. The summed E-state index contributed by atoms with van der Waals surface area (Å²) in [6.07, 6.45) is 1.37. The second-order valence-corrected chi connectivity index (χ2v) is 6.27. The molecule has 0 aliphatic carbocycles. The number of ether oxygens (including phenoxy) is 1. The molecule has 0 spiro atoms. The smallest absolute Gasteiger partial charge is 0.305 e. The monoisotopic (exact) mass is 290 g/mol. The van der Waals surface area contributed by atoms with Gasteiger partial charge in [0.2, 0.25) is 0 Å². The first kappa shape index (κ1) is 16.0. The number of nitrogens with zero attached hydrogens (tertiary/aromatic N) is 1. The van der Waals surface area contributed by atoms with Crippen LogP contribution in [0.5, 0.6) is 0 Å². The van der Waals surface area contributed by atoms with Gasteiger partial charge in [0.25, 0.3) is 0 Å². The zero-order chi connectivity index (χ0) is 15.4. The standard InChI is InChI=1S/C17H26N2O2/c1-12-4-5-15(13(2)6-12)10-19-9-14(7-16(18)11-19)8-17(20)21-3/h4-6,14,16H,7-11,18H2,1-3H3. The molecule has 4 heteroatoms. The Balaban J connectivity index is 2.00. The first-order valence-electron chi connectivity index (χ1n) is 7.58. The van der Waals surface area contributed by atoms with Crippen LogP contribution in [-0.4, -0.2) is 37.1 Å². The number of carbonyl (C=O) groups excluding carboxylic acids is 1. The Morgan fingerprint density at radius 3 is 2.81 bits per heavy atom. The van der Waals surface area contributed by atoms with Crippen molar-refractivity contribution in [3.8, 4) is 0 Å².